The topological polar surface area (TPSA) is 12.0 Å². The minimum absolute atomic E-state index is 0.558. The fraction of sp³-hybridized carbons (Fsp3) is 0.200. The standard InChI is InChI=1S/C15H14Cl3N/c1-2-19-9-11-8-10(6-7-13(11)16)12-4-3-5-14(17)15(12)18/h3-8,19H,2,9H2,1H3. The zero-order valence-corrected chi connectivity index (χ0v) is 12.8. The summed E-state index contributed by atoms with van der Waals surface area (Å²) >= 11 is 18.5. The van der Waals surface area contributed by atoms with Crippen molar-refractivity contribution in [1.82, 2.24) is 5.32 Å². The van der Waals surface area contributed by atoms with Crippen molar-refractivity contribution in [2.24, 2.45) is 0 Å². The van der Waals surface area contributed by atoms with Crippen LogP contribution in [0.3, 0.4) is 0 Å². The van der Waals surface area contributed by atoms with Gasteiger partial charge >= 0.3 is 0 Å². The lowest BCUT2D eigenvalue weighted by Crippen LogP contribution is -2.12. The van der Waals surface area contributed by atoms with Crippen LogP contribution in [0.2, 0.25) is 15.1 Å². The third-order valence-corrected chi connectivity index (χ3v) is 4.06. The van der Waals surface area contributed by atoms with Gasteiger partial charge in [-0.1, -0.05) is 59.9 Å². The summed E-state index contributed by atoms with van der Waals surface area (Å²) in [6.07, 6.45) is 0. The Morgan fingerprint density at radius 1 is 1.00 bits per heavy atom. The molecule has 2 aromatic rings. The second-order valence-corrected chi connectivity index (χ2v) is 5.38. The highest BCUT2D eigenvalue weighted by molar-refractivity contribution is 6.43. The van der Waals surface area contributed by atoms with E-state index in [4.69, 9.17) is 34.8 Å². The maximum Gasteiger partial charge on any atom is 0.0670 e. The van der Waals surface area contributed by atoms with Crippen LogP contribution in [0.15, 0.2) is 36.4 Å². The average Bonchev–Trinajstić information content (AvgIpc) is 2.41. The Hall–Kier alpha value is -0.730. The third-order valence-electron chi connectivity index (χ3n) is 2.87. The Morgan fingerprint density at radius 3 is 2.53 bits per heavy atom. The first kappa shape index (κ1) is 14.7. The maximum atomic E-state index is 6.24. The van der Waals surface area contributed by atoms with Crippen molar-refractivity contribution in [2.45, 2.75) is 13.5 Å². The molecule has 0 aromatic heterocycles. The molecule has 100 valence electrons. The van der Waals surface area contributed by atoms with Gasteiger partial charge in [-0.3, -0.25) is 0 Å². The molecule has 1 N–H and O–H groups in total. The molecule has 0 fully saturated rings. The van der Waals surface area contributed by atoms with Gasteiger partial charge in [0.1, 0.15) is 0 Å². The molecular weight excluding hydrogens is 301 g/mol. The smallest absolute Gasteiger partial charge is 0.0670 e. The van der Waals surface area contributed by atoms with Crippen LogP contribution in [0.4, 0.5) is 0 Å². The average molecular weight is 315 g/mol. The molecule has 0 bridgehead atoms. The van der Waals surface area contributed by atoms with E-state index < -0.39 is 0 Å². The summed E-state index contributed by atoms with van der Waals surface area (Å²) in [7, 11) is 0. The SMILES string of the molecule is CCNCc1cc(-c2cccc(Cl)c2Cl)ccc1Cl. The minimum atomic E-state index is 0.558. The van der Waals surface area contributed by atoms with Gasteiger partial charge in [0.25, 0.3) is 0 Å². The highest BCUT2D eigenvalue weighted by atomic mass is 35.5. The van der Waals surface area contributed by atoms with Crippen LogP contribution in [-0.2, 0) is 6.54 Å². The molecule has 0 saturated heterocycles. The van der Waals surface area contributed by atoms with Gasteiger partial charge in [0, 0.05) is 17.1 Å². The van der Waals surface area contributed by atoms with Crippen LogP contribution in [-0.4, -0.2) is 6.54 Å². The van der Waals surface area contributed by atoms with Crippen molar-refractivity contribution in [3.63, 3.8) is 0 Å². The van der Waals surface area contributed by atoms with E-state index >= 15 is 0 Å². The summed E-state index contributed by atoms with van der Waals surface area (Å²) in [5.41, 5.74) is 2.99. The molecule has 19 heavy (non-hydrogen) atoms. The molecule has 0 spiro atoms. The molecule has 0 saturated carbocycles. The molecule has 0 unspecified atom stereocenters. The van der Waals surface area contributed by atoms with Gasteiger partial charge in [-0.2, -0.15) is 0 Å². The summed E-state index contributed by atoms with van der Waals surface area (Å²) in [5.74, 6) is 0. The fourth-order valence-corrected chi connectivity index (χ4v) is 2.46. The number of benzene rings is 2. The molecule has 4 heteroatoms. The van der Waals surface area contributed by atoms with Gasteiger partial charge in [-0.25, -0.2) is 0 Å². The van der Waals surface area contributed by atoms with Crippen molar-refractivity contribution in [3.8, 4) is 11.1 Å². The molecule has 2 aromatic carbocycles. The molecule has 0 atom stereocenters. The molecule has 0 amide bonds. The number of hydrogen-bond acceptors (Lipinski definition) is 1. The Morgan fingerprint density at radius 2 is 1.79 bits per heavy atom. The van der Waals surface area contributed by atoms with Crippen molar-refractivity contribution < 1.29 is 0 Å². The van der Waals surface area contributed by atoms with Crippen molar-refractivity contribution in [1.29, 1.82) is 0 Å². The van der Waals surface area contributed by atoms with Crippen molar-refractivity contribution in [3.05, 3.63) is 57.0 Å². The van der Waals surface area contributed by atoms with E-state index in [-0.39, 0.29) is 0 Å². The quantitative estimate of drug-likeness (QED) is 0.794. The molecule has 0 radical (unpaired) electrons. The first-order chi connectivity index (χ1) is 9.13. The van der Waals surface area contributed by atoms with Gasteiger partial charge in [-0.05, 0) is 35.9 Å². The lowest BCUT2D eigenvalue weighted by molar-refractivity contribution is 0.727. The van der Waals surface area contributed by atoms with Crippen LogP contribution in [0.25, 0.3) is 11.1 Å². The van der Waals surface area contributed by atoms with Crippen molar-refractivity contribution >= 4 is 34.8 Å². The van der Waals surface area contributed by atoms with E-state index in [0.29, 0.717) is 10.0 Å². The van der Waals surface area contributed by atoms with Crippen LogP contribution < -0.4 is 5.32 Å². The number of halogens is 3. The maximum absolute atomic E-state index is 6.24. The van der Waals surface area contributed by atoms with E-state index in [1.54, 1.807) is 6.07 Å². The van der Waals surface area contributed by atoms with Gasteiger partial charge in [-0.15, -0.1) is 0 Å². The molecule has 2 rings (SSSR count). The first-order valence-corrected chi connectivity index (χ1v) is 7.20. The molecule has 0 aliphatic carbocycles. The summed E-state index contributed by atoms with van der Waals surface area (Å²) in [5, 5.41) is 5.15. The fourth-order valence-electron chi connectivity index (χ4n) is 1.86. The van der Waals surface area contributed by atoms with Gasteiger partial charge < -0.3 is 5.32 Å². The van der Waals surface area contributed by atoms with E-state index in [2.05, 4.69) is 12.2 Å². The first-order valence-electron chi connectivity index (χ1n) is 6.07. The highest BCUT2D eigenvalue weighted by Gasteiger charge is 2.09. The third kappa shape index (κ3) is 3.43. The number of nitrogens with one attached hydrogen (secondary N) is 1. The number of hydrogen-bond donors (Lipinski definition) is 1. The van der Waals surface area contributed by atoms with Gasteiger partial charge in [0.15, 0.2) is 0 Å². The zero-order chi connectivity index (χ0) is 13.8. The van der Waals surface area contributed by atoms with Gasteiger partial charge in [0.2, 0.25) is 0 Å². The minimum Gasteiger partial charge on any atom is -0.313 e. The van der Waals surface area contributed by atoms with Crippen molar-refractivity contribution in [2.75, 3.05) is 6.54 Å². The lowest BCUT2D eigenvalue weighted by Gasteiger charge is -2.10. The Balaban J connectivity index is 2.42. The largest absolute Gasteiger partial charge is 0.313 e. The zero-order valence-electron chi connectivity index (χ0n) is 10.5. The van der Waals surface area contributed by atoms with E-state index in [9.17, 15) is 0 Å². The predicted octanol–water partition coefficient (Wildman–Crippen LogP) is 5.42. The second-order valence-electron chi connectivity index (χ2n) is 4.19. The van der Waals surface area contributed by atoms with E-state index in [1.165, 1.54) is 0 Å². The van der Waals surface area contributed by atoms with Crippen LogP contribution >= 0.6 is 34.8 Å². The number of rotatable bonds is 4. The molecule has 1 nitrogen and oxygen atoms in total. The monoisotopic (exact) mass is 313 g/mol. The van der Waals surface area contributed by atoms with Gasteiger partial charge in [0.05, 0.1) is 10.0 Å². The van der Waals surface area contributed by atoms with E-state index in [0.717, 1.165) is 34.8 Å². The second kappa shape index (κ2) is 6.62. The normalized spacial score (nSPS) is 10.7. The van der Waals surface area contributed by atoms with Crippen LogP contribution in [0.1, 0.15) is 12.5 Å². The lowest BCUT2D eigenvalue weighted by atomic mass is 10.0. The Labute approximate surface area is 128 Å². The van der Waals surface area contributed by atoms with Crippen LogP contribution in [0.5, 0.6) is 0 Å². The Bertz CT molecular complexity index is 582. The summed E-state index contributed by atoms with van der Waals surface area (Å²) in [6.45, 7) is 3.70. The highest BCUT2D eigenvalue weighted by Crippen LogP contribution is 2.34. The Kier molecular flexibility index (Phi) is 5.12. The molecular formula is C15H14Cl3N. The summed E-state index contributed by atoms with van der Waals surface area (Å²) in [6, 6.07) is 11.5. The molecule has 0 aliphatic heterocycles. The molecule has 0 aliphatic rings. The van der Waals surface area contributed by atoms with E-state index in [1.807, 2.05) is 30.3 Å². The predicted molar refractivity (Wildman–Crippen MR) is 84.3 cm³/mol. The summed E-state index contributed by atoms with van der Waals surface area (Å²) < 4.78 is 0. The summed E-state index contributed by atoms with van der Waals surface area (Å²) in [4.78, 5) is 0. The molecule has 0 heterocycles. The van der Waals surface area contributed by atoms with Crippen LogP contribution in [0, 0.1) is 0 Å².